The van der Waals surface area contributed by atoms with Crippen LogP contribution in [0, 0.1) is 6.92 Å². The standard InChI is InChI=1S/C15H20N4S/c1-9-13(16-3)18-15(11-4-5-11)19-14(9)17-10(2)12-6-7-20-8-12/h6-8,10-11H,4-5H2,1-3H3,(H2,16,17,18,19). The van der Waals surface area contributed by atoms with Crippen LogP contribution in [-0.4, -0.2) is 17.0 Å². The molecule has 1 saturated carbocycles. The predicted molar refractivity (Wildman–Crippen MR) is 84.6 cm³/mol. The van der Waals surface area contributed by atoms with Crippen LogP contribution >= 0.6 is 11.3 Å². The highest BCUT2D eigenvalue weighted by molar-refractivity contribution is 7.07. The lowest BCUT2D eigenvalue weighted by atomic mass is 10.1. The van der Waals surface area contributed by atoms with E-state index in [1.54, 1.807) is 11.3 Å². The number of nitrogens with one attached hydrogen (secondary N) is 2. The summed E-state index contributed by atoms with van der Waals surface area (Å²) in [7, 11) is 1.91. The lowest BCUT2D eigenvalue weighted by molar-refractivity contribution is 0.852. The maximum atomic E-state index is 4.73. The molecule has 0 aliphatic heterocycles. The normalized spacial score (nSPS) is 15.9. The van der Waals surface area contributed by atoms with Crippen molar-refractivity contribution in [2.75, 3.05) is 17.7 Å². The van der Waals surface area contributed by atoms with E-state index in [1.165, 1.54) is 18.4 Å². The van der Waals surface area contributed by atoms with E-state index in [-0.39, 0.29) is 6.04 Å². The quantitative estimate of drug-likeness (QED) is 0.875. The molecule has 5 heteroatoms. The minimum absolute atomic E-state index is 0.256. The molecule has 0 saturated heterocycles. The fourth-order valence-corrected chi connectivity index (χ4v) is 3.01. The number of anilines is 2. The number of hydrogen-bond acceptors (Lipinski definition) is 5. The lowest BCUT2D eigenvalue weighted by Crippen LogP contribution is -2.12. The second-order valence-corrected chi connectivity index (χ2v) is 6.13. The van der Waals surface area contributed by atoms with Crippen molar-refractivity contribution in [1.82, 2.24) is 9.97 Å². The van der Waals surface area contributed by atoms with Crippen LogP contribution in [0.4, 0.5) is 11.6 Å². The molecule has 0 amide bonds. The highest BCUT2D eigenvalue weighted by Crippen LogP contribution is 2.39. The summed E-state index contributed by atoms with van der Waals surface area (Å²) in [4.78, 5) is 9.36. The Morgan fingerprint density at radius 3 is 2.65 bits per heavy atom. The lowest BCUT2D eigenvalue weighted by Gasteiger charge is -2.18. The zero-order valence-corrected chi connectivity index (χ0v) is 12.9. The third kappa shape index (κ3) is 2.63. The van der Waals surface area contributed by atoms with E-state index in [2.05, 4.69) is 46.3 Å². The van der Waals surface area contributed by atoms with Gasteiger partial charge in [-0.05, 0) is 49.1 Å². The maximum absolute atomic E-state index is 4.73. The third-order valence-corrected chi connectivity index (χ3v) is 4.44. The third-order valence-electron chi connectivity index (χ3n) is 3.74. The van der Waals surface area contributed by atoms with Crippen molar-refractivity contribution < 1.29 is 0 Å². The van der Waals surface area contributed by atoms with Crippen molar-refractivity contribution in [3.05, 3.63) is 33.8 Å². The van der Waals surface area contributed by atoms with Gasteiger partial charge in [-0.25, -0.2) is 9.97 Å². The molecule has 3 rings (SSSR count). The van der Waals surface area contributed by atoms with Gasteiger partial charge in [0.25, 0.3) is 0 Å². The monoisotopic (exact) mass is 288 g/mol. The average molecular weight is 288 g/mol. The van der Waals surface area contributed by atoms with Crippen LogP contribution in [0.15, 0.2) is 16.8 Å². The molecule has 2 aromatic rings. The van der Waals surface area contributed by atoms with Gasteiger partial charge in [0.05, 0.1) is 6.04 Å². The van der Waals surface area contributed by atoms with Crippen molar-refractivity contribution in [3.8, 4) is 0 Å². The SMILES string of the molecule is CNc1nc(C2CC2)nc(NC(C)c2ccsc2)c1C. The maximum Gasteiger partial charge on any atom is 0.136 e. The van der Waals surface area contributed by atoms with E-state index in [0.29, 0.717) is 5.92 Å². The van der Waals surface area contributed by atoms with E-state index < -0.39 is 0 Å². The Balaban J connectivity index is 1.89. The van der Waals surface area contributed by atoms with Gasteiger partial charge in [0, 0.05) is 18.5 Å². The Kier molecular flexibility index (Phi) is 3.61. The van der Waals surface area contributed by atoms with Gasteiger partial charge >= 0.3 is 0 Å². The van der Waals surface area contributed by atoms with Crippen LogP contribution in [0.25, 0.3) is 0 Å². The zero-order valence-electron chi connectivity index (χ0n) is 12.1. The summed E-state index contributed by atoms with van der Waals surface area (Å²) in [5.41, 5.74) is 2.38. The van der Waals surface area contributed by atoms with Gasteiger partial charge in [0.1, 0.15) is 17.5 Å². The van der Waals surface area contributed by atoms with Crippen molar-refractivity contribution >= 4 is 23.0 Å². The molecule has 1 aliphatic rings. The van der Waals surface area contributed by atoms with Gasteiger partial charge in [-0.1, -0.05) is 0 Å². The minimum atomic E-state index is 0.256. The average Bonchev–Trinajstić information content (AvgIpc) is 3.15. The summed E-state index contributed by atoms with van der Waals surface area (Å²) in [6.45, 7) is 4.23. The Morgan fingerprint density at radius 2 is 2.05 bits per heavy atom. The van der Waals surface area contributed by atoms with Crippen LogP contribution in [-0.2, 0) is 0 Å². The smallest absolute Gasteiger partial charge is 0.136 e. The molecule has 4 nitrogen and oxygen atoms in total. The second kappa shape index (κ2) is 5.40. The summed E-state index contributed by atoms with van der Waals surface area (Å²) in [5, 5.41) is 11.0. The molecule has 0 radical (unpaired) electrons. The van der Waals surface area contributed by atoms with Gasteiger partial charge in [-0.15, -0.1) is 0 Å². The van der Waals surface area contributed by atoms with Crippen molar-refractivity contribution in [2.45, 2.75) is 38.6 Å². The topological polar surface area (TPSA) is 49.8 Å². The molecule has 0 bridgehead atoms. The van der Waals surface area contributed by atoms with Gasteiger partial charge in [-0.2, -0.15) is 11.3 Å². The molecule has 2 aromatic heterocycles. The number of thiophene rings is 1. The van der Waals surface area contributed by atoms with E-state index in [0.717, 1.165) is 23.0 Å². The second-order valence-electron chi connectivity index (χ2n) is 5.35. The molecule has 0 spiro atoms. The number of hydrogen-bond donors (Lipinski definition) is 2. The summed E-state index contributed by atoms with van der Waals surface area (Å²) in [6, 6.07) is 2.41. The van der Waals surface area contributed by atoms with Gasteiger partial charge in [0.2, 0.25) is 0 Å². The summed E-state index contributed by atoms with van der Waals surface area (Å²) in [6.07, 6.45) is 2.43. The van der Waals surface area contributed by atoms with Crippen LogP contribution in [0.2, 0.25) is 0 Å². The molecule has 106 valence electrons. The van der Waals surface area contributed by atoms with E-state index in [4.69, 9.17) is 4.98 Å². The Bertz CT molecular complexity index is 590. The van der Waals surface area contributed by atoms with Gasteiger partial charge in [-0.3, -0.25) is 0 Å². The molecule has 1 fully saturated rings. The number of nitrogens with zero attached hydrogens (tertiary/aromatic N) is 2. The zero-order chi connectivity index (χ0) is 14.1. The molecule has 2 heterocycles. The summed E-state index contributed by atoms with van der Waals surface area (Å²) in [5.74, 6) is 3.41. The Morgan fingerprint density at radius 1 is 1.30 bits per heavy atom. The van der Waals surface area contributed by atoms with Crippen molar-refractivity contribution in [2.24, 2.45) is 0 Å². The molecule has 2 N–H and O–H groups in total. The highest BCUT2D eigenvalue weighted by atomic mass is 32.1. The van der Waals surface area contributed by atoms with Crippen molar-refractivity contribution in [1.29, 1.82) is 0 Å². The minimum Gasteiger partial charge on any atom is -0.373 e. The first-order valence-electron chi connectivity index (χ1n) is 7.04. The van der Waals surface area contributed by atoms with Crippen LogP contribution in [0.3, 0.4) is 0 Å². The molecular weight excluding hydrogens is 268 g/mol. The van der Waals surface area contributed by atoms with Crippen LogP contribution < -0.4 is 10.6 Å². The van der Waals surface area contributed by atoms with E-state index in [9.17, 15) is 0 Å². The first-order chi connectivity index (χ1) is 9.69. The van der Waals surface area contributed by atoms with Crippen molar-refractivity contribution in [3.63, 3.8) is 0 Å². The predicted octanol–water partition coefficient (Wildman–Crippen LogP) is 3.94. The fraction of sp³-hybridized carbons (Fsp3) is 0.467. The summed E-state index contributed by atoms with van der Waals surface area (Å²) < 4.78 is 0. The fourth-order valence-electron chi connectivity index (χ4n) is 2.25. The largest absolute Gasteiger partial charge is 0.373 e. The molecular formula is C15H20N4S. The van der Waals surface area contributed by atoms with Gasteiger partial charge in [0.15, 0.2) is 0 Å². The van der Waals surface area contributed by atoms with Gasteiger partial charge < -0.3 is 10.6 Å². The first kappa shape index (κ1) is 13.4. The molecule has 1 atom stereocenters. The molecule has 0 aromatic carbocycles. The Hall–Kier alpha value is -1.62. The molecule has 20 heavy (non-hydrogen) atoms. The van der Waals surface area contributed by atoms with Crippen LogP contribution in [0.1, 0.15) is 48.7 Å². The number of aromatic nitrogens is 2. The van der Waals surface area contributed by atoms with E-state index in [1.807, 2.05) is 7.05 Å². The molecule has 1 aliphatic carbocycles. The summed E-state index contributed by atoms with van der Waals surface area (Å²) >= 11 is 1.72. The van der Waals surface area contributed by atoms with E-state index >= 15 is 0 Å². The number of rotatable bonds is 5. The Labute approximate surface area is 123 Å². The first-order valence-corrected chi connectivity index (χ1v) is 7.98. The van der Waals surface area contributed by atoms with Crippen LogP contribution in [0.5, 0.6) is 0 Å². The molecule has 1 unspecified atom stereocenters. The highest BCUT2D eigenvalue weighted by Gasteiger charge is 2.28.